The summed E-state index contributed by atoms with van der Waals surface area (Å²) in [5, 5.41) is 14.1. The highest BCUT2D eigenvalue weighted by molar-refractivity contribution is 7.97. The maximum atomic E-state index is 9.55. The predicted molar refractivity (Wildman–Crippen MR) is 179 cm³/mol. The smallest absolute Gasteiger partial charge is 0.135 e. The number of nitrogens with zero attached hydrogens (tertiary/aromatic N) is 2. The molecule has 0 bridgehead atoms. The Morgan fingerprint density at radius 2 is 1.35 bits per heavy atom. The van der Waals surface area contributed by atoms with Crippen molar-refractivity contribution in [3.63, 3.8) is 0 Å². The molecule has 202 valence electrons. The van der Waals surface area contributed by atoms with Crippen molar-refractivity contribution < 1.29 is 4.42 Å². The van der Waals surface area contributed by atoms with Crippen molar-refractivity contribution in [1.82, 2.24) is 4.57 Å². The first-order valence-corrected chi connectivity index (χ1v) is 15.6. The van der Waals surface area contributed by atoms with Crippen LogP contribution < -0.4 is 0 Å². The van der Waals surface area contributed by atoms with Crippen molar-refractivity contribution in [2.45, 2.75) is 11.5 Å². The van der Waals surface area contributed by atoms with Crippen LogP contribution in [0.1, 0.15) is 16.7 Å². The van der Waals surface area contributed by atoms with Gasteiger partial charge in [-0.1, -0.05) is 60.7 Å². The van der Waals surface area contributed by atoms with Crippen molar-refractivity contribution >= 4 is 55.5 Å². The summed E-state index contributed by atoms with van der Waals surface area (Å²) in [6.07, 6.45) is 0. The Morgan fingerprint density at radius 3 is 2.28 bits per heavy atom. The Balaban J connectivity index is 1.19. The summed E-state index contributed by atoms with van der Waals surface area (Å²) >= 11 is 1.97. The van der Waals surface area contributed by atoms with Crippen LogP contribution in [0, 0.1) is 11.3 Å². The second-order valence-electron chi connectivity index (χ2n) is 11.2. The molecule has 0 saturated carbocycles. The van der Waals surface area contributed by atoms with Crippen LogP contribution in [0.3, 0.4) is 0 Å². The first-order chi connectivity index (χ1) is 21.2. The van der Waals surface area contributed by atoms with Crippen molar-refractivity contribution in [1.29, 1.82) is 5.26 Å². The third kappa shape index (κ3) is 3.75. The van der Waals surface area contributed by atoms with Gasteiger partial charge >= 0.3 is 0 Å². The predicted octanol–water partition coefficient (Wildman–Crippen LogP) is 10.6. The molecule has 0 aliphatic carbocycles. The maximum absolute atomic E-state index is 9.55. The molecule has 2 aromatic heterocycles. The average molecular weight is 569 g/mol. The zero-order chi connectivity index (χ0) is 28.5. The third-order valence-corrected chi connectivity index (χ3v) is 9.80. The Hall–Kier alpha value is -5.24. The van der Waals surface area contributed by atoms with E-state index in [9.17, 15) is 5.26 Å². The number of nitriles is 1. The zero-order valence-electron chi connectivity index (χ0n) is 23.2. The molecule has 0 fully saturated rings. The lowest BCUT2D eigenvalue weighted by atomic mass is 9.92. The molecule has 8 aromatic rings. The number of furan rings is 1. The Morgan fingerprint density at radius 1 is 0.581 bits per heavy atom. The van der Waals surface area contributed by atoms with Crippen LogP contribution in [-0.2, 0) is 11.5 Å². The Labute approximate surface area is 252 Å². The number of benzene rings is 6. The minimum atomic E-state index is 0.680. The highest BCUT2D eigenvalue weighted by Gasteiger charge is 2.19. The molecule has 0 spiro atoms. The van der Waals surface area contributed by atoms with Gasteiger partial charge in [0.2, 0.25) is 0 Å². The van der Waals surface area contributed by atoms with Gasteiger partial charge < -0.3 is 8.98 Å². The first kappa shape index (κ1) is 24.4. The molecule has 1 aliphatic rings. The van der Waals surface area contributed by atoms with Gasteiger partial charge in [-0.05, 0) is 94.0 Å². The Kier molecular flexibility index (Phi) is 5.32. The molecule has 0 unspecified atom stereocenters. The van der Waals surface area contributed by atoms with Crippen LogP contribution in [0.4, 0.5) is 0 Å². The van der Waals surface area contributed by atoms with E-state index < -0.39 is 0 Å². The molecular formula is C39H24N2OS. The number of rotatable bonds is 2. The summed E-state index contributed by atoms with van der Waals surface area (Å²) in [5.41, 5.74) is 13.7. The van der Waals surface area contributed by atoms with Gasteiger partial charge in [0, 0.05) is 38.7 Å². The van der Waals surface area contributed by atoms with E-state index in [-0.39, 0.29) is 0 Å². The monoisotopic (exact) mass is 568 g/mol. The fraction of sp³-hybridized carbons (Fsp3) is 0.0513. The van der Waals surface area contributed by atoms with E-state index >= 15 is 0 Å². The molecule has 0 saturated heterocycles. The summed E-state index contributed by atoms with van der Waals surface area (Å²) in [6, 6.07) is 45.4. The normalized spacial score (nSPS) is 12.8. The zero-order valence-corrected chi connectivity index (χ0v) is 24.0. The first-order valence-electron chi connectivity index (χ1n) is 14.4. The van der Waals surface area contributed by atoms with Crippen LogP contribution in [0.15, 0.2) is 126 Å². The number of aromatic nitrogens is 1. The molecule has 6 aromatic carbocycles. The van der Waals surface area contributed by atoms with Gasteiger partial charge in [-0.15, -0.1) is 0 Å². The minimum Gasteiger partial charge on any atom is -0.456 e. The van der Waals surface area contributed by atoms with Crippen LogP contribution >= 0.6 is 11.8 Å². The summed E-state index contributed by atoms with van der Waals surface area (Å²) in [5.74, 6) is 1.95. The van der Waals surface area contributed by atoms with Gasteiger partial charge in [-0.2, -0.15) is 17.0 Å². The SMILES string of the molecule is N#Cc1ccc2c(c1)c1ccccc1n2-c1ccc2c(c1)-c1ccc(-c3ccc4oc5ccccc5c4c3)cc1CSC2. The molecule has 1 aliphatic heterocycles. The fourth-order valence-corrected chi connectivity index (χ4v) is 7.77. The number of hydrogen-bond acceptors (Lipinski definition) is 3. The summed E-state index contributed by atoms with van der Waals surface area (Å²) < 4.78 is 8.41. The molecule has 4 heteroatoms. The van der Waals surface area contributed by atoms with Crippen LogP contribution in [0.25, 0.3) is 71.7 Å². The van der Waals surface area contributed by atoms with E-state index in [1.807, 2.05) is 36.0 Å². The number of para-hydroxylation sites is 2. The van der Waals surface area contributed by atoms with Crippen LogP contribution in [0.2, 0.25) is 0 Å². The average Bonchev–Trinajstić information content (AvgIpc) is 3.53. The molecule has 3 nitrogen and oxygen atoms in total. The topological polar surface area (TPSA) is 41.9 Å². The highest BCUT2D eigenvalue weighted by atomic mass is 32.2. The van der Waals surface area contributed by atoms with E-state index in [1.165, 1.54) is 33.4 Å². The summed E-state index contributed by atoms with van der Waals surface area (Å²) in [4.78, 5) is 0. The van der Waals surface area contributed by atoms with E-state index in [0.29, 0.717) is 5.56 Å². The van der Waals surface area contributed by atoms with E-state index in [0.717, 1.165) is 60.9 Å². The number of hydrogen-bond donors (Lipinski definition) is 0. The van der Waals surface area contributed by atoms with Gasteiger partial charge in [0.15, 0.2) is 0 Å². The second-order valence-corrected chi connectivity index (χ2v) is 12.2. The summed E-state index contributed by atoms with van der Waals surface area (Å²) in [6.45, 7) is 0. The van der Waals surface area contributed by atoms with Crippen LogP contribution in [0.5, 0.6) is 0 Å². The minimum absolute atomic E-state index is 0.680. The lowest BCUT2D eigenvalue weighted by Crippen LogP contribution is -1.97. The lowest BCUT2D eigenvalue weighted by Gasteiger charge is -2.15. The van der Waals surface area contributed by atoms with Gasteiger partial charge in [0.1, 0.15) is 11.2 Å². The van der Waals surface area contributed by atoms with Gasteiger partial charge in [0.25, 0.3) is 0 Å². The van der Waals surface area contributed by atoms with Gasteiger partial charge in [-0.25, -0.2) is 0 Å². The molecule has 0 amide bonds. The van der Waals surface area contributed by atoms with E-state index in [2.05, 4.69) is 108 Å². The quantitative estimate of drug-likeness (QED) is 0.208. The lowest BCUT2D eigenvalue weighted by molar-refractivity contribution is 0.669. The second kappa shape index (κ2) is 9.39. The van der Waals surface area contributed by atoms with Crippen molar-refractivity contribution in [3.8, 4) is 34.0 Å². The Bertz CT molecular complexity index is 2460. The molecule has 0 N–H and O–H groups in total. The van der Waals surface area contributed by atoms with Gasteiger partial charge in [0.05, 0.1) is 22.7 Å². The molecule has 3 heterocycles. The van der Waals surface area contributed by atoms with Crippen molar-refractivity contribution in [3.05, 3.63) is 138 Å². The van der Waals surface area contributed by atoms with E-state index in [1.54, 1.807) is 0 Å². The molecule has 0 radical (unpaired) electrons. The fourth-order valence-electron chi connectivity index (χ4n) is 6.73. The number of fused-ring (bicyclic) bond motifs is 9. The molecular weight excluding hydrogens is 545 g/mol. The van der Waals surface area contributed by atoms with E-state index in [4.69, 9.17) is 4.42 Å². The summed E-state index contributed by atoms with van der Waals surface area (Å²) in [7, 11) is 0. The molecule has 43 heavy (non-hydrogen) atoms. The molecule has 9 rings (SSSR count). The highest BCUT2D eigenvalue weighted by Crippen LogP contribution is 2.41. The number of thioether (sulfide) groups is 1. The third-order valence-electron chi connectivity index (χ3n) is 8.77. The standard InChI is InChI=1S/C39H24N2OS/c40-21-24-9-15-37-34(17-24)31-5-1-3-7-36(31)41(37)29-13-10-27-22-43-23-28-18-25(11-14-30(28)33(27)20-29)26-12-16-39-35(19-26)32-6-2-4-8-38(32)42-39/h1-20H,22-23H2. The van der Waals surface area contributed by atoms with Gasteiger partial charge in [-0.3, -0.25) is 0 Å². The molecule has 0 atom stereocenters. The van der Waals surface area contributed by atoms with Crippen LogP contribution in [-0.4, -0.2) is 4.57 Å². The maximum Gasteiger partial charge on any atom is 0.135 e. The van der Waals surface area contributed by atoms with Crippen molar-refractivity contribution in [2.75, 3.05) is 0 Å². The van der Waals surface area contributed by atoms with Crippen molar-refractivity contribution in [2.24, 2.45) is 0 Å². The largest absolute Gasteiger partial charge is 0.456 e.